The van der Waals surface area contributed by atoms with Gasteiger partial charge in [0, 0.05) is 107 Å². The molecule has 458 valence electrons. The van der Waals surface area contributed by atoms with Gasteiger partial charge in [0.15, 0.2) is 0 Å². The average Bonchev–Trinajstić information content (AvgIpc) is 1.02. The molecule has 6 aromatic heterocycles. The van der Waals surface area contributed by atoms with Gasteiger partial charge in [-0.05, 0) is 177 Å². The van der Waals surface area contributed by atoms with Crippen LogP contribution in [0.5, 0.6) is 11.8 Å². The van der Waals surface area contributed by atoms with Crippen LogP contribution in [0, 0.1) is 0 Å². The number of piperidine rings is 3. The molecule has 3 aliphatic heterocycles. The topological polar surface area (TPSA) is 218 Å². The van der Waals surface area contributed by atoms with Crippen molar-refractivity contribution < 1.29 is 58.5 Å². The van der Waals surface area contributed by atoms with Gasteiger partial charge < -0.3 is 29.3 Å². The summed E-state index contributed by atoms with van der Waals surface area (Å²) >= 11 is 6.17. The third-order valence-electron chi connectivity index (χ3n) is 16.7. The quantitative estimate of drug-likeness (QED) is 0.102. The maximum absolute atomic E-state index is 12.9. The summed E-state index contributed by atoms with van der Waals surface area (Å²) < 4.78 is 10.7. The minimum atomic E-state index is 0. The largest absolute Gasteiger partial charge is 1.00 e. The molecule has 3 aliphatic rings. The molecule has 92 heavy (non-hydrogen) atoms. The third kappa shape index (κ3) is 14.3. The van der Waals surface area contributed by atoms with Crippen molar-refractivity contribution in [2.75, 3.05) is 60.6 Å². The van der Waals surface area contributed by atoms with Crippen LogP contribution in [0.4, 0.5) is 0 Å². The van der Waals surface area contributed by atoms with E-state index in [0.717, 1.165) is 184 Å². The SMILES string of the molecule is COc1nccc2cc(-c3cnc4ccc(C(=O)N5CCCCC5)cc4n3)ccc12.COc1nccc2cc(-c3cnc4ccc(C(=O)N5CCCCC5)cc4n3)ccc12.C[O-].O=C(c1ccc2ncc(-c3ccc4c(Cl)nccc4c3)nc2c1)N1CCCCC1.[Na+]. The van der Waals surface area contributed by atoms with Gasteiger partial charge in [-0.2, -0.15) is 7.11 Å². The van der Waals surface area contributed by atoms with Crippen molar-refractivity contribution in [3.05, 3.63) is 186 Å². The Hall–Kier alpha value is -9.17. The number of amides is 3. The molecular weight excluding hydrogens is 1190 g/mol. The van der Waals surface area contributed by atoms with Crippen molar-refractivity contribution in [2.24, 2.45) is 0 Å². The minimum absolute atomic E-state index is 0. The van der Waals surface area contributed by atoms with Crippen LogP contribution in [0.2, 0.25) is 5.15 Å². The minimum Gasteiger partial charge on any atom is -0.857 e. The van der Waals surface area contributed by atoms with E-state index in [0.29, 0.717) is 33.6 Å². The van der Waals surface area contributed by atoms with Crippen molar-refractivity contribution >= 4 is 94.7 Å². The maximum atomic E-state index is 12.9. The summed E-state index contributed by atoms with van der Waals surface area (Å²) in [4.78, 5) is 85.0. The van der Waals surface area contributed by atoms with Crippen LogP contribution in [-0.2, 0) is 0 Å². The van der Waals surface area contributed by atoms with Crippen molar-refractivity contribution in [3.8, 4) is 45.5 Å². The maximum Gasteiger partial charge on any atom is 1.00 e. The fourth-order valence-corrected chi connectivity index (χ4v) is 12.2. The van der Waals surface area contributed by atoms with E-state index >= 15 is 0 Å². The second-order valence-corrected chi connectivity index (χ2v) is 22.8. The summed E-state index contributed by atoms with van der Waals surface area (Å²) in [5.74, 6) is 1.43. The summed E-state index contributed by atoms with van der Waals surface area (Å²) in [7, 11) is 3.99. The van der Waals surface area contributed by atoms with Crippen LogP contribution in [0.1, 0.15) is 88.9 Å². The fraction of sp³-hybridized carbons (Fsp3) is 0.250. The number of fused-ring (bicyclic) bond motifs is 6. The van der Waals surface area contributed by atoms with E-state index in [1.54, 1.807) is 51.4 Å². The monoisotopic (exact) mass is 1250 g/mol. The molecule has 3 saturated heterocycles. The van der Waals surface area contributed by atoms with Gasteiger partial charge >= 0.3 is 29.6 Å². The van der Waals surface area contributed by atoms with Crippen LogP contribution < -0.4 is 44.1 Å². The van der Waals surface area contributed by atoms with E-state index in [9.17, 15) is 14.4 Å². The smallest absolute Gasteiger partial charge is 0.857 e. The zero-order valence-corrected chi connectivity index (χ0v) is 54.6. The molecule has 20 heteroatoms. The van der Waals surface area contributed by atoms with E-state index in [4.69, 9.17) is 41.1 Å². The number of aromatic nitrogens is 9. The number of methoxy groups -OCH3 is 2. The molecule has 0 bridgehead atoms. The molecule has 12 aromatic rings. The second kappa shape index (κ2) is 29.9. The number of carbonyl (C=O) groups excluding carboxylic acids is 3. The van der Waals surface area contributed by atoms with E-state index in [2.05, 4.69) is 42.0 Å². The molecule has 0 unspecified atom stereocenters. The fourth-order valence-electron chi connectivity index (χ4n) is 11.9. The number of nitrogens with zero attached hydrogens (tertiary/aromatic N) is 12. The summed E-state index contributed by atoms with van der Waals surface area (Å²) in [6, 6.07) is 40.6. The van der Waals surface area contributed by atoms with Gasteiger partial charge in [0.2, 0.25) is 11.8 Å². The van der Waals surface area contributed by atoms with Gasteiger partial charge in [-0.25, -0.2) is 29.9 Å². The standard InChI is InChI=1S/2C24H22N4O2.C23H19ClN4O.CH3O.Na/c2*1-30-23-19-7-5-17(13-16(19)9-10-25-23)22-15-26-20-8-6-18(14-21(20)27-22)24(29)28-11-3-2-4-12-28;24-22-18-6-4-16(12-15(18)8-9-25-22)21-14-26-19-7-5-17(13-20(19)27-21)23(29)28-10-2-1-3-11-28;1-2;/h2*5-10,13-15H,2-4,11-12H2,1H3;4-9,12-14H,1-3,10-11H2;1H3;/q;;;-1;+1. The molecule has 9 heterocycles. The van der Waals surface area contributed by atoms with Crippen molar-refractivity contribution in [3.63, 3.8) is 0 Å². The van der Waals surface area contributed by atoms with E-state index in [1.165, 1.54) is 19.3 Å². The van der Waals surface area contributed by atoms with Gasteiger partial charge in [-0.15, -0.1) is 0 Å². The Kier molecular flexibility index (Phi) is 20.9. The number of carbonyl (C=O) groups is 3. The number of hydrogen-bond acceptors (Lipinski definition) is 15. The first-order valence-corrected chi connectivity index (χ1v) is 31.0. The van der Waals surface area contributed by atoms with E-state index in [-0.39, 0.29) is 47.3 Å². The second-order valence-electron chi connectivity index (χ2n) is 22.5. The summed E-state index contributed by atoms with van der Waals surface area (Å²) in [6.45, 7) is 4.99. The van der Waals surface area contributed by atoms with Gasteiger partial charge in [0.1, 0.15) is 5.15 Å². The van der Waals surface area contributed by atoms with Crippen molar-refractivity contribution in [2.45, 2.75) is 57.8 Å². The number of halogens is 1. The molecule has 0 spiro atoms. The van der Waals surface area contributed by atoms with Gasteiger partial charge in [0.25, 0.3) is 17.7 Å². The number of hydrogen-bond donors (Lipinski definition) is 0. The average molecular weight is 1250 g/mol. The first-order valence-electron chi connectivity index (χ1n) is 30.6. The molecule has 0 aliphatic carbocycles. The Labute approximate surface area is 559 Å². The van der Waals surface area contributed by atoms with Crippen LogP contribution >= 0.6 is 11.6 Å². The molecule has 0 N–H and O–H groups in total. The van der Waals surface area contributed by atoms with E-state index in [1.807, 2.05) is 130 Å². The Morgan fingerprint density at radius 3 is 1.03 bits per heavy atom. The Morgan fingerprint density at radius 2 is 0.696 bits per heavy atom. The molecule has 15 rings (SSSR count). The van der Waals surface area contributed by atoms with E-state index < -0.39 is 0 Å². The van der Waals surface area contributed by atoms with Gasteiger partial charge in [-0.1, -0.05) is 35.9 Å². The number of benzene rings is 6. The van der Waals surface area contributed by atoms with Crippen molar-refractivity contribution in [1.29, 1.82) is 0 Å². The molecule has 0 atom stereocenters. The zero-order chi connectivity index (χ0) is 62.8. The molecule has 0 radical (unpaired) electrons. The predicted molar refractivity (Wildman–Crippen MR) is 354 cm³/mol. The number of pyridine rings is 3. The summed E-state index contributed by atoms with van der Waals surface area (Å²) in [5, 5.41) is 14.6. The summed E-state index contributed by atoms with van der Waals surface area (Å²) in [6.07, 6.45) is 20.5. The first-order chi connectivity index (χ1) is 44.6. The first kappa shape index (κ1) is 64.4. The number of likely N-dealkylation sites (tertiary alicyclic amines) is 3. The molecule has 3 fully saturated rings. The predicted octanol–water partition coefficient (Wildman–Crippen LogP) is 10.1. The van der Waals surface area contributed by atoms with Crippen LogP contribution in [-0.4, -0.2) is 138 Å². The Morgan fingerprint density at radius 1 is 0.380 bits per heavy atom. The molecule has 18 nitrogen and oxygen atoms in total. The molecule has 0 saturated carbocycles. The van der Waals surface area contributed by atoms with Crippen LogP contribution in [0.3, 0.4) is 0 Å². The normalized spacial score (nSPS) is 13.9. The zero-order valence-electron chi connectivity index (χ0n) is 51.9. The van der Waals surface area contributed by atoms with Crippen molar-refractivity contribution in [1.82, 2.24) is 59.6 Å². The Bertz CT molecular complexity index is 4480. The molecule has 3 amide bonds. The molecular formula is C72H66ClN12NaO6. The third-order valence-corrected chi connectivity index (χ3v) is 17.0. The van der Waals surface area contributed by atoms with Gasteiger partial charge in [0.05, 0.1) is 83.0 Å². The van der Waals surface area contributed by atoms with Gasteiger partial charge in [-0.3, -0.25) is 29.3 Å². The molecule has 6 aromatic carbocycles. The summed E-state index contributed by atoms with van der Waals surface area (Å²) in [5.41, 5.74) is 11.7. The number of rotatable bonds is 8. The number of ether oxygens (including phenoxy) is 2. The van der Waals surface area contributed by atoms with Crippen LogP contribution in [0.15, 0.2) is 165 Å². The Balaban J connectivity index is 0.000000139. The van der Waals surface area contributed by atoms with Crippen LogP contribution in [0.25, 0.3) is 99.2 Å².